The molecule has 1 aliphatic rings. The Kier molecular flexibility index (Phi) is 4.19. The van der Waals surface area contributed by atoms with Gasteiger partial charge in [-0.1, -0.05) is 24.3 Å². The number of hydrogen-bond donors (Lipinski definition) is 0. The maximum atomic E-state index is 5.54. The van der Waals surface area contributed by atoms with E-state index in [2.05, 4.69) is 59.8 Å². The van der Waals surface area contributed by atoms with Gasteiger partial charge in [-0.3, -0.25) is 4.90 Å². The molecule has 2 nitrogen and oxygen atoms in total. The van der Waals surface area contributed by atoms with E-state index in [9.17, 15) is 0 Å². The highest BCUT2D eigenvalue weighted by molar-refractivity contribution is 7.10. The Hall–Kier alpha value is -1.58. The number of nitrogens with zero attached hydrogens (tertiary/aromatic N) is 1. The van der Waals surface area contributed by atoms with Crippen molar-refractivity contribution in [1.29, 1.82) is 0 Å². The van der Waals surface area contributed by atoms with Crippen molar-refractivity contribution in [2.24, 2.45) is 0 Å². The minimum absolute atomic E-state index is 0.832. The van der Waals surface area contributed by atoms with Crippen LogP contribution >= 0.6 is 11.3 Å². The van der Waals surface area contributed by atoms with Crippen molar-refractivity contribution >= 4 is 17.4 Å². The van der Waals surface area contributed by atoms with Gasteiger partial charge in [-0.05, 0) is 41.8 Å². The highest BCUT2D eigenvalue weighted by Crippen LogP contribution is 2.26. The number of ether oxygens (including phenoxy) is 1. The molecular formula is C17H19NOS. The Morgan fingerprint density at radius 3 is 3.15 bits per heavy atom. The van der Waals surface area contributed by atoms with Crippen molar-refractivity contribution in [3.63, 3.8) is 0 Å². The predicted molar refractivity (Wildman–Crippen MR) is 85.3 cm³/mol. The lowest BCUT2D eigenvalue weighted by Crippen LogP contribution is -2.17. The summed E-state index contributed by atoms with van der Waals surface area (Å²) in [6, 6.07) is 10.8. The number of thiophene rings is 1. The van der Waals surface area contributed by atoms with Gasteiger partial charge in [0.2, 0.25) is 0 Å². The van der Waals surface area contributed by atoms with Crippen molar-refractivity contribution in [3.8, 4) is 5.75 Å². The van der Waals surface area contributed by atoms with Crippen molar-refractivity contribution < 1.29 is 4.74 Å². The zero-order valence-electron chi connectivity index (χ0n) is 11.7. The summed E-state index contributed by atoms with van der Waals surface area (Å²) in [5.74, 6) is 1.06. The molecule has 0 N–H and O–H groups in total. The summed E-state index contributed by atoms with van der Waals surface area (Å²) in [7, 11) is 2.16. The normalized spacial score (nSPS) is 13.9. The average molecular weight is 285 g/mol. The first-order valence-electron chi connectivity index (χ1n) is 6.94. The summed E-state index contributed by atoms with van der Waals surface area (Å²) in [5.41, 5.74) is 2.71. The molecule has 3 heteroatoms. The van der Waals surface area contributed by atoms with Gasteiger partial charge in [-0.2, -0.15) is 0 Å². The minimum Gasteiger partial charge on any atom is -0.493 e. The second-order valence-electron chi connectivity index (χ2n) is 5.16. The Labute approximate surface area is 124 Å². The van der Waals surface area contributed by atoms with E-state index >= 15 is 0 Å². The van der Waals surface area contributed by atoms with Crippen LogP contribution in [0, 0.1) is 0 Å². The first kappa shape index (κ1) is 13.4. The molecule has 3 rings (SSSR count). The molecule has 0 spiro atoms. The van der Waals surface area contributed by atoms with E-state index in [1.165, 1.54) is 16.0 Å². The van der Waals surface area contributed by atoms with Crippen LogP contribution in [0.3, 0.4) is 0 Å². The summed E-state index contributed by atoms with van der Waals surface area (Å²) >= 11 is 1.77. The lowest BCUT2D eigenvalue weighted by atomic mass is 10.1. The van der Waals surface area contributed by atoms with Gasteiger partial charge in [0.05, 0.1) is 6.61 Å². The molecule has 0 saturated heterocycles. The van der Waals surface area contributed by atoms with Crippen LogP contribution in [0.1, 0.15) is 16.0 Å². The van der Waals surface area contributed by atoms with Gasteiger partial charge in [0.1, 0.15) is 5.75 Å². The van der Waals surface area contributed by atoms with Crippen LogP contribution in [-0.2, 0) is 13.0 Å². The highest BCUT2D eigenvalue weighted by Gasteiger charge is 2.12. The highest BCUT2D eigenvalue weighted by atomic mass is 32.1. The molecule has 1 aromatic carbocycles. The molecule has 1 aromatic heterocycles. The molecule has 0 aliphatic carbocycles. The molecule has 2 heterocycles. The SMILES string of the molecule is CN(CC=Cc1cccs1)Cc1ccc2c(c1)CCO2. The zero-order chi connectivity index (χ0) is 13.8. The largest absolute Gasteiger partial charge is 0.493 e. The van der Waals surface area contributed by atoms with Gasteiger partial charge in [0, 0.05) is 24.4 Å². The number of fused-ring (bicyclic) bond motifs is 1. The van der Waals surface area contributed by atoms with Crippen LogP contribution in [0.15, 0.2) is 41.8 Å². The standard InChI is InChI=1S/C17H19NOS/c1-18(9-2-4-16-5-3-11-20-16)13-14-6-7-17-15(12-14)8-10-19-17/h2-7,11-12H,8-10,13H2,1H3. The lowest BCUT2D eigenvalue weighted by Gasteiger charge is -2.14. The van der Waals surface area contributed by atoms with Crippen molar-refractivity contribution in [2.75, 3.05) is 20.2 Å². The summed E-state index contributed by atoms with van der Waals surface area (Å²) in [6.07, 6.45) is 5.46. The van der Waals surface area contributed by atoms with Gasteiger partial charge in [-0.15, -0.1) is 11.3 Å². The molecule has 20 heavy (non-hydrogen) atoms. The van der Waals surface area contributed by atoms with Crippen LogP contribution < -0.4 is 4.74 Å². The smallest absolute Gasteiger partial charge is 0.122 e. The molecule has 0 unspecified atom stereocenters. The maximum Gasteiger partial charge on any atom is 0.122 e. The molecule has 0 radical (unpaired) electrons. The number of hydrogen-bond acceptors (Lipinski definition) is 3. The first-order valence-corrected chi connectivity index (χ1v) is 7.82. The summed E-state index contributed by atoms with van der Waals surface area (Å²) in [6.45, 7) is 2.77. The quantitative estimate of drug-likeness (QED) is 0.828. The molecule has 0 atom stereocenters. The van der Waals surface area contributed by atoms with E-state index in [0.717, 1.165) is 31.9 Å². The molecule has 0 saturated carbocycles. The Balaban J connectivity index is 1.55. The van der Waals surface area contributed by atoms with Gasteiger partial charge < -0.3 is 4.74 Å². The molecule has 104 valence electrons. The average Bonchev–Trinajstić information content (AvgIpc) is 3.08. The molecule has 0 fully saturated rings. The van der Waals surface area contributed by atoms with Crippen molar-refractivity contribution in [2.45, 2.75) is 13.0 Å². The molecule has 2 aromatic rings. The Morgan fingerprint density at radius 2 is 2.30 bits per heavy atom. The van der Waals surface area contributed by atoms with E-state index in [4.69, 9.17) is 4.74 Å². The Bertz CT molecular complexity index is 589. The van der Waals surface area contributed by atoms with Gasteiger partial charge in [-0.25, -0.2) is 0 Å². The third-order valence-corrected chi connectivity index (χ3v) is 4.29. The Morgan fingerprint density at radius 1 is 1.35 bits per heavy atom. The second kappa shape index (κ2) is 6.25. The van der Waals surface area contributed by atoms with Gasteiger partial charge in [0.25, 0.3) is 0 Å². The van der Waals surface area contributed by atoms with Crippen molar-refractivity contribution in [3.05, 3.63) is 57.8 Å². The minimum atomic E-state index is 0.832. The third-order valence-electron chi connectivity index (χ3n) is 3.45. The van der Waals surface area contributed by atoms with Gasteiger partial charge in [0.15, 0.2) is 0 Å². The van der Waals surface area contributed by atoms with Gasteiger partial charge >= 0.3 is 0 Å². The molecule has 0 bridgehead atoms. The van der Waals surface area contributed by atoms with E-state index in [1.807, 2.05) is 0 Å². The topological polar surface area (TPSA) is 12.5 Å². The fourth-order valence-corrected chi connectivity index (χ4v) is 3.10. The molecular weight excluding hydrogens is 266 g/mol. The third kappa shape index (κ3) is 3.30. The zero-order valence-corrected chi connectivity index (χ0v) is 12.5. The summed E-state index contributed by atoms with van der Waals surface area (Å²) < 4.78 is 5.54. The molecule has 1 aliphatic heterocycles. The van der Waals surface area contributed by atoms with E-state index in [0.29, 0.717) is 0 Å². The van der Waals surface area contributed by atoms with E-state index in [-0.39, 0.29) is 0 Å². The second-order valence-corrected chi connectivity index (χ2v) is 6.13. The van der Waals surface area contributed by atoms with Crippen LogP contribution in [0.5, 0.6) is 5.75 Å². The van der Waals surface area contributed by atoms with Crippen LogP contribution in [0.4, 0.5) is 0 Å². The molecule has 0 amide bonds. The van der Waals surface area contributed by atoms with E-state index in [1.54, 1.807) is 11.3 Å². The fourth-order valence-electron chi connectivity index (χ4n) is 2.45. The van der Waals surface area contributed by atoms with Crippen LogP contribution in [0.2, 0.25) is 0 Å². The monoisotopic (exact) mass is 285 g/mol. The van der Waals surface area contributed by atoms with Crippen molar-refractivity contribution in [1.82, 2.24) is 4.90 Å². The maximum absolute atomic E-state index is 5.54. The summed E-state index contributed by atoms with van der Waals surface area (Å²) in [5, 5.41) is 2.11. The first-order chi connectivity index (χ1) is 9.81. The van der Waals surface area contributed by atoms with Crippen LogP contribution in [-0.4, -0.2) is 25.1 Å². The number of benzene rings is 1. The fraction of sp³-hybridized carbons (Fsp3) is 0.294. The van der Waals surface area contributed by atoms with E-state index < -0.39 is 0 Å². The lowest BCUT2D eigenvalue weighted by molar-refractivity contribution is 0.356. The summed E-state index contributed by atoms with van der Waals surface area (Å²) in [4.78, 5) is 3.63. The number of rotatable bonds is 5. The number of likely N-dealkylation sites (N-methyl/N-ethyl adjacent to an activating group) is 1. The predicted octanol–water partition coefficient (Wildman–Crippen LogP) is 3.83. The van der Waals surface area contributed by atoms with Crippen LogP contribution in [0.25, 0.3) is 6.08 Å².